The first-order valence-corrected chi connectivity index (χ1v) is 8.87. The Balaban J connectivity index is 1.40. The summed E-state index contributed by atoms with van der Waals surface area (Å²) in [5.74, 6) is -0.253. The van der Waals surface area contributed by atoms with Crippen molar-refractivity contribution in [2.75, 3.05) is 18.4 Å². The second-order valence-electron chi connectivity index (χ2n) is 6.91. The summed E-state index contributed by atoms with van der Waals surface area (Å²) in [5, 5.41) is 11.6. The Hall–Kier alpha value is -3.37. The Bertz CT molecular complexity index is 1020. The molecule has 1 fully saturated rings. The smallest absolute Gasteiger partial charge is 0.338 e. The molecule has 11 heteroatoms. The number of alkyl halides is 3. The first-order chi connectivity index (χ1) is 13.8. The van der Waals surface area contributed by atoms with Crippen LogP contribution in [0.25, 0.3) is 11.1 Å². The number of amides is 1. The van der Waals surface area contributed by atoms with Crippen molar-refractivity contribution in [1.29, 1.82) is 0 Å². The summed E-state index contributed by atoms with van der Waals surface area (Å²) in [4.78, 5) is 17.1. The van der Waals surface area contributed by atoms with Gasteiger partial charge in [-0.3, -0.25) is 14.2 Å². The number of halogens is 3. The van der Waals surface area contributed by atoms with E-state index in [0.717, 1.165) is 16.8 Å². The molecule has 0 saturated carbocycles. The first-order valence-electron chi connectivity index (χ1n) is 8.87. The molecule has 0 atom stereocenters. The van der Waals surface area contributed by atoms with Crippen LogP contribution in [-0.2, 0) is 11.8 Å². The molecule has 1 saturated heterocycles. The standard InChI is InChI=1S/C18H18F3N7O/c1-26-9-14(7-23-26)25-16-4-12(2-3-22-16)13-6-24-28(8-13)15-10-27(11-15)17(29)5-18(19,20)21/h2-4,6-9,15H,5,10-11H2,1H3,(H,22,25). The van der Waals surface area contributed by atoms with Crippen molar-refractivity contribution in [2.24, 2.45) is 7.05 Å². The second-order valence-corrected chi connectivity index (χ2v) is 6.91. The Morgan fingerprint density at radius 2 is 2.00 bits per heavy atom. The van der Waals surface area contributed by atoms with Crippen molar-refractivity contribution in [3.63, 3.8) is 0 Å². The van der Waals surface area contributed by atoms with Crippen LogP contribution in [0.15, 0.2) is 43.1 Å². The molecule has 3 aromatic heterocycles. The molecule has 3 aromatic rings. The highest BCUT2D eigenvalue weighted by atomic mass is 19.4. The van der Waals surface area contributed by atoms with Crippen LogP contribution in [0.1, 0.15) is 12.5 Å². The van der Waals surface area contributed by atoms with Crippen LogP contribution in [0.5, 0.6) is 0 Å². The molecule has 1 aliphatic rings. The number of nitrogens with zero attached hydrogens (tertiary/aromatic N) is 6. The highest BCUT2D eigenvalue weighted by Gasteiger charge is 2.38. The van der Waals surface area contributed by atoms with Gasteiger partial charge >= 0.3 is 6.18 Å². The van der Waals surface area contributed by atoms with Crippen LogP contribution in [0, 0.1) is 0 Å². The molecule has 0 bridgehead atoms. The van der Waals surface area contributed by atoms with Crippen LogP contribution < -0.4 is 5.32 Å². The third-order valence-electron chi connectivity index (χ3n) is 4.61. The van der Waals surface area contributed by atoms with E-state index >= 15 is 0 Å². The van der Waals surface area contributed by atoms with E-state index in [-0.39, 0.29) is 19.1 Å². The average molecular weight is 405 g/mol. The Morgan fingerprint density at radius 1 is 1.21 bits per heavy atom. The van der Waals surface area contributed by atoms with Crippen LogP contribution >= 0.6 is 0 Å². The van der Waals surface area contributed by atoms with Gasteiger partial charge in [0.2, 0.25) is 5.91 Å². The molecular formula is C18H18F3N7O. The predicted molar refractivity (Wildman–Crippen MR) is 98.2 cm³/mol. The number of nitrogens with one attached hydrogen (secondary N) is 1. The summed E-state index contributed by atoms with van der Waals surface area (Å²) in [6.07, 6.45) is 2.79. The fraction of sp³-hybridized carbons (Fsp3) is 0.333. The SMILES string of the molecule is Cn1cc(Nc2cc(-c3cnn(C4CN(C(=O)CC(F)(F)F)C4)c3)ccn2)cn1. The zero-order valence-corrected chi connectivity index (χ0v) is 15.5. The summed E-state index contributed by atoms with van der Waals surface area (Å²) >= 11 is 0. The normalized spacial score (nSPS) is 14.7. The number of pyridine rings is 1. The molecule has 1 aliphatic heterocycles. The number of likely N-dealkylation sites (tertiary alicyclic amines) is 1. The first kappa shape index (κ1) is 19.0. The van der Waals surface area contributed by atoms with Crippen molar-refractivity contribution < 1.29 is 18.0 Å². The quantitative estimate of drug-likeness (QED) is 0.706. The van der Waals surface area contributed by atoms with Gasteiger partial charge in [0, 0.05) is 44.3 Å². The van der Waals surface area contributed by atoms with Gasteiger partial charge in [-0.2, -0.15) is 23.4 Å². The van der Waals surface area contributed by atoms with Gasteiger partial charge in [-0.25, -0.2) is 4.98 Å². The lowest BCUT2D eigenvalue weighted by atomic mass is 10.1. The van der Waals surface area contributed by atoms with Crippen LogP contribution in [0.3, 0.4) is 0 Å². The van der Waals surface area contributed by atoms with Crippen molar-refractivity contribution in [1.82, 2.24) is 29.4 Å². The zero-order valence-electron chi connectivity index (χ0n) is 15.5. The molecule has 0 radical (unpaired) electrons. The molecule has 4 rings (SSSR count). The number of carbonyl (C=O) groups excluding carboxylic acids is 1. The van der Waals surface area contributed by atoms with Gasteiger partial charge in [-0.1, -0.05) is 0 Å². The van der Waals surface area contributed by atoms with E-state index in [4.69, 9.17) is 0 Å². The van der Waals surface area contributed by atoms with Gasteiger partial charge in [0.25, 0.3) is 0 Å². The number of aromatic nitrogens is 5. The molecule has 0 aromatic carbocycles. The van der Waals surface area contributed by atoms with Gasteiger partial charge in [0.05, 0.1) is 24.1 Å². The topological polar surface area (TPSA) is 80.9 Å². The molecule has 1 N–H and O–H groups in total. The number of hydrogen-bond donors (Lipinski definition) is 1. The van der Waals surface area contributed by atoms with Crippen LogP contribution in [0.4, 0.5) is 24.7 Å². The third-order valence-corrected chi connectivity index (χ3v) is 4.61. The molecular weight excluding hydrogens is 387 g/mol. The maximum absolute atomic E-state index is 12.3. The number of aryl methyl sites for hydroxylation is 1. The number of anilines is 2. The zero-order chi connectivity index (χ0) is 20.6. The highest BCUT2D eigenvalue weighted by molar-refractivity contribution is 5.77. The lowest BCUT2D eigenvalue weighted by molar-refractivity contribution is -0.165. The molecule has 8 nitrogen and oxygen atoms in total. The van der Waals surface area contributed by atoms with Crippen LogP contribution in [-0.4, -0.2) is 54.6 Å². The summed E-state index contributed by atoms with van der Waals surface area (Å²) < 4.78 is 40.3. The minimum atomic E-state index is -4.48. The lowest BCUT2D eigenvalue weighted by Crippen LogP contribution is -2.51. The molecule has 0 unspecified atom stereocenters. The summed E-state index contributed by atoms with van der Waals surface area (Å²) in [5.41, 5.74) is 2.55. The summed E-state index contributed by atoms with van der Waals surface area (Å²) in [6.45, 7) is 0.445. The third kappa shape index (κ3) is 4.39. The van der Waals surface area contributed by atoms with E-state index in [1.165, 1.54) is 4.90 Å². The van der Waals surface area contributed by atoms with Gasteiger partial charge in [-0.05, 0) is 17.7 Å². The van der Waals surface area contributed by atoms with Crippen molar-refractivity contribution in [3.05, 3.63) is 43.1 Å². The maximum atomic E-state index is 12.3. The minimum absolute atomic E-state index is 0.129. The largest absolute Gasteiger partial charge is 0.397 e. The molecule has 0 spiro atoms. The molecule has 152 valence electrons. The molecule has 0 aliphatic carbocycles. The van der Waals surface area contributed by atoms with Gasteiger partial charge in [0.15, 0.2) is 0 Å². The Kier molecular flexibility index (Phi) is 4.73. The van der Waals surface area contributed by atoms with Crippen molar-refractivity contribution in [3.8, 4) is 11.1 Å². The minimum Gasteiger partial charge on any atom is -0.338 e. The fourth-order valence-electron chi connectivity index (χ4n) is 3.11. The van der Waals surface area contributed by atoms with E-state index in [2.05, 4.69) is 20.5 Å². The van der Waals surface area contributed by atoms with E-state index in [9.17, 15) is 18.0 Å². The molecule has 29 heavy (non-hydrogen) atoms. The Morgan fingerprint density at radius 3 is 2.69 bits per heavy atom. The summed E-state index contributed by atoms with van der Waals surface area (Å²) in [7, 11) is 1.82. The summed E-state index contributed by atoms with van der Waals surface area (Å²) in [6, 6.07) is 3.58. The van der Waals surface area contributed by atoms with Crippen molar-refractivity contribution >= 4 is 17.4 Å². The lowest BCUT2D eigenvalue weighted by Gasteiger charge is -2.39. The predicted octanol–water partition coefficient (Wildman–Crippen LogP) is 2.76. The molecule has 1 amide bonds. The maximum Gasteiger partial charge on any atom is 0.397 e. The van der Waals surface area contributed by atoms with Gasteiger partial charge in [-0.15, -0.1) is 0 Å². The van der Waals surface area contributed by atoms with Crippen molar-refractivity contribution in [2.45, 2.75) is 18.6 Å². The Labute approximate surface area is 163 Å². The van der Waals surface area contributed by atoms with Gasteiger partial charge in [0.1, 0.15) is 12.2 Å². The number of rotatable bonds is 5. The number of hydrogen-bond acceptors (Lipinski definition) is 5. The van der Waals surface area contributed by atoms with E-state index < -0.39 is 18.5 Å². The van der Waals surface area contributed by atoms with E-state index in [1.807, 2.05) is 31.6 Å². The fourth-order valence-corrected chi connectivity index (χ4v) is 3.11. The molecule has 4 heterocycles. The van der Waals surface area contributed by atoms with E-state index in [1.54, 1.807) is 28.0 Å². The number of carbonyl (C=O) groups is 1. The average Bonchev–Trinajstić information content (AvgIpc) is 3.22. The monoisotopic (exact) mass is 405 g/mol. The second kappa shape index (κ2) is 7.22. The van der Waals surface area contributed by atoms with Gasteiger partial charge < -0.3 is 10.2 Å². The van der Waals surface area contributed by atoms with E-state index in [0.29, 0.717) is 5.82 Å². The highest BCUT2D eigenvalue weighted by Crippen LogP contribution is 2.28. The van der Waals surface area contributed by atoms with Crippen LogP contribution in [0.2, 0.25) is 0 Å².